The fourth-order valence-corrected chi connectivity index (χ4v) is 3.63. The molecule has 0 atom stereocenters. The van der Waals surface area contributed by atoms with Crippen LogP contribution in [0.3, 0.4) is 0 Å². The van der Waals surface area contributed by atoms with Gasteiger partial charge in [-0.25, -0.2) is 9.64 Å². The molecule has 3 aromatic rings. The third kappa shape index (κ3) is 4.22. The monoisotopic (exact) mass is 415 g/mol. The number of carbonyl (C=O) groups excluding carboxylic acids is 1. The maximum absolute atomic E-state index is 11.9. The number of nitrogens with one attached hydrogen (secondary N) is 1. The molecule has 158 valence electrons. The van der Waals surface area contributed by atoms with E-state index >= 15 is 0 Å². The van der Waals surface area contributed by atoms with Crippen molar-refractivity contribution in [2.45, 2.75) is 27.2 Å². The van der Waals surface area contributed by atoms with Crippen LogP contribution in [0.25, 0.3) is 27.1 Å². The van der Waals surface area contributed by atoms with Crippen LogP contribution in [0.5, 0.6) is 0 Å². The zero-order valence-electron chi connectivity index (χ0n) is 18.1. The highest BCUT2D eigenvalue weighted by Crippen LogP contribution is 2.40. The van der Waals surface area contributed by atoms with Gasteiger partial charge in [0.2, 0.25) is 11.6 Å². The second-order valence-electron chi connectivity index (χ2n) is 7.65. The molecule has 6 heteroatoms. The molecule has 0 radical (unpaired) electrons. The maximum atomic E-state index is 11.9. The third-order valence-corrected chi connectivity index (χ3v) is 5.32. The first-order valence-corrected chi connectivity index (χ1v) is 10.1. The van der Waals surface area contributed by atoms with Crippen LogP contribution in [-0.4, -0.2) is 21.6 Å². The number of carbonyl (C=O) groups is 2. The molecule has 0 aliphatic rings. The highest BCUT2D eigenvalue weighted by molar-refractivity contribution is 6.01. The van der Waals surface area contributed by atoms with Crippen molar-refractivity contribution in [3.05, 3.63) is 71.3 Å². The van der Waals surface area contributed by atoms with E-state index in [0.717, 1.165) is 16.8 Å². The van der Waals surface area contributed by atoms with Crippen molar-refractivity contribution in [2.75, 3.05) is 5.32 Å². The van der Waals surface area contributed by atoms with Gasteiger partial charge < -0.3 is 15.0 Å². The molecule has 0 aliphatic heterocycles. The molecule has 0 saturated heterocycles. The van der Waals surface area contributed by atoms with Crippen LogP contribution in [0.15, 0.2) is 48.5 Å². The maximum Gasteiger partial charge on any atom is 0.351 e. The van der Waals surface area contributed by atoms with E-state index in [2.05, 4.69) is 10.2 Å². The fourth-order valence-electron chi connectivity index (χ4n) is 3.63. The molecule has 1 aromatic heterocycles. The summed E-state index contributed by atoms with van der Waals surface area (Å²) in [6.45, 7) is 13.2. The number of nitrogens with zero attached hydrogens (tertiary/aromatic N) is 2. The smallest absolute Gasteiger partial charge is 0.351 e. The Kier molecular flexibility index (Phi) is 6.26. The number of carboxylic acids is 1. The molecule has 6 nitrogen and oxygen atoms in total. The number of hydrogen-bond donors (Lipinski definition) is 2. The quantitative estimate of drug-likeness (QED) is 0.502. The first kappa shape index (κ1) is 21.8. The van der Waals surface area contributed by atoms with Crippen molar-refractivity contribution in [2.24, 2.45) is 13.0 Å². The summed E-state index contributed by atoms with van der Waals surface area (Å²) in [6, 6.07) is 15.1. The lowest BCUT2D eigenvalue weighted by atomic mass is 9.99. The summed E-state index contributed by atoms with van der Waals surface area (Å²) < 4.78 is 1.60. The second-order valence-corrected chi connectivity index (χ2v) is 7.65. The Labute approximate surface area is 182 Å². The molecule has 1 heterocycles. The molecule has 0 bridgehead atoms. The number of aromatic nitrogens is 1. The van der Waals surface area contributed by atoms with Crippen molar-refractivity contribution in [1.82, 2.24) is 4.57 Å². The molecule has 3 rings (SSSR count). The topological polar surface area (TPSA) is 75.7 Å². The van der Waals surface area contributed by atoms with Crippen molar-refractivity contribution >= 4 is 23.3 Å². The van der Waals surface area contributed by atoms with E-state index in [1.165, 1.54) is 0 Å². The molecule has 0 spiro atoms. The molecule has 0 fully saturated rings. The van der Waals surface area contributed by atoms with E-state index in [1.54, 1.807) is 11.6 Å². The summed E-state index contributed by atoms with van der Waals surface area (Å²) >= 11 is 0. The summed E-state index contributed by atoms with van der Waals surface area (Å²) in [5, 5.41) is 12.6. The Morgan fingerprint density at radius 1 is 1.03 bits per heavy atom. The Morgan fingerprint density at radius 2 is 1.55 bits per heavy atom. The van der Waals surface area contributed by atoms with Crippen molar-refractivity contribution in [1.29, 1.82) is 0 Å². The standard InChI is InChI=1S/C25H25N3O3/c1-6-20-22(26-4)21(23(25(30)31)28(20)5)18-9-7-16(8-10-18)17-11-13-19(14-12-17)27-24(29)15(2)3/h7-15H,6H2,1-3,5H3,(H,27,29)(H,30,31). The number of hydrogen-bond acceptors (Lipinski definition) is 2. The van der Waals surface area contributed by atoms with Crippen LogP contribution in [0.2, 0.25) is 0 Å². The van der Waals surface area contributed by atoms with Gasteiger partial charge in [0.15, 0.2) is 0 Å². The zero-order valence-corrected chi connectivity index (χ0v) is 18.1. The lowest BCUT2D eigenvalue weighted by molar-refractivity contribution is -0.118. The summed E-state index contributed by atoms with van der Waals surface area (Å²) in [5.41, 5.74) is 5.05. The number of amides is 1. The number of aromatic carboxylic acids is 1. The van der Waals surface area contributed by atoms with E-state index in [4.69, 9.17) is 6.57 Å². The summed E-state index contributed by atoms with van der Waals surface area (Å²) in [5.74, 6) is -1.17. The van der Waals surface area contributed by atoms with Crippen molar-refractivity contribution in [3.8, 4) is 22.3 Å². The Bertz CT molecular complexity index is 1160. The van der Waals surface area contributed by atoms with Gasteiger partial charge in [0.05, 0.1) is 6.57 Å². The van der Waals surface area contributed by atoms with Crippen LogP contribution < -0.4 is 5.32 Å². The second kappa shape index (κ2) is 8.88. The summed E-state index contributed by atoms with van der Waals surface area (Å²) in [7, 11) is 1.69. The SMILES string of the molecule is [C-]#[N+]c1c(-c2ccc(-c3ccc(NC(=O)C(C)C)cc3)cc2)c(C(=O)O)n(C)c1CC. The predicted octanol–water partition coefficient (Wildman–Crippen LogP) is 5.76. The van der Waals surface area contributed by atoms with Gasteiger partial charge >= 0.3 is 5.97 Å². The van der Waals surface area contributed by atoms with E-state index in [-0.39, 0.29) is 17.5 Å². The van der Waals surface area contributed by atoms with Gasteiger partial charge in [-0.05, 0) is 35.2 Å². The third-order valence-electron chi connectivity index (χ3n) is 5.32. The molecular formula is C25H25N3O3. The highest BCUT2D eigenvalue weighted by atomic mass is 16.4. The van der Waals surface area contributed by atoms with Crippen LogP contribution >= 0.6 is 0 Å². The molecule has 1 amide bonds. The molecule has 2 aromatic carbocycles. The van der Waals surface area contributed by atoms with Gasteiger partial charge in [0.25, 0.3) is 0 Å². The number of rotatable bonds is 6. The Morgan fingerprint density at radius 3 is 2.00 bits per heavy atom. The first-order chi connectivity index (χ1) is 14.8. The minimum atomic E-state index is -1.05. The Hall–Kier alpha value is -3.85. The van der Waals surface area contributed by atoms with Crippen molar-refractivity contribution in [3.63, 3.8) is 0 Å². The average Bonchev–Trinajstić information content (AvgIpc) is 3.05. The molecular weight excluding hydrogens is 390 g/mol. The van der Waals surface area contributed by atoms with Crippen LogP contribution in [0.1, 0.15) is 37.0 Å². The van der Waals surface area contributed by atoms with Gasteiger partial charge in [-0.1, -0.05) is 57.2 Å². The summed E-state index contributed by atoms with van der Waals surface area (Å²) in [4.78, 5) is 27.4. The number of anilines is 1. The molecule has 31 heavy (non-hydrogen) atoms. The minimum absolute atomic E-state index is 0.0312. The largest absolute Gasteiger partial charge is 0.477 e. The van der Waals surface area contributed by atoms with Gasteiger partial charge in [0.1, 0.15) is 5.69 Å². The van der Waals surface area contributed by atoms with Gasteiger partial charge in [-0.2, -0.15) is 0 Å². The van der Waals surface area contributed by atoms with E-state index < -0.39 is 5.97 Å². The molecule has 0 aliphatic carbocycles. The predicted molar refractivity (Wildman–Crippen MR) is 122 cm³/mol. The van der Waals surface area contributed by atoms with Crippen molar-refractivity contribution < 1.29 is 14.7 Å². The molecule has 2 N–H and O–H groups in total. The normalized spacial score (nSPS) is 10.7. The lowest BCUT2D eigenvalue weighted by Gasteiger charge is -2.09. The average molecular weight is 415 g/mol. The van der Waals surface area contributed by atoms with E-state index in [0.29, 0.717) is 28.9 Å². The van der Waals surface area contributed by atoms with Crippen LogP contribution in [0.4, 0.5) is 11.4 Å². The van der Waals surface area contributed by atoms with E-state index in [1.807, 2.05) is 69.3 Å². The van der Waals surface area contributed by atoms with Crippen LogP contribution in [-0.2, 0) is 18.3 Å². The van der Waals surface area contributed by atoms with Gasteiger partial charge in [0, 0.05) is 29.9 Å². The zero-order chi connectivity index (χ0) is 22.7. The van der Waals surface area contributed by atoms with Crippen LogP contribution in [0, 0.1) is 12.5 Å². The number of benzene rings is 2. The summed E-state index contributed by atoms with van der Waals surface area (Å²) in [6.07, 6.45) is 0.576. The van der Waals surface area contributed by atoms with E-state index in [9.17, 15) is 14.7 Å². The highest BCUT2D eigenvalue weighted by Gasteiger charge is 2.25. The minimum Gasteiger partial charge on any atom is -0.477 e. The van der Waals surface area contributed by atoms with Gasteiger partial charge in [-0.3, -0.25) is 4.79 Å². The molecule has 0 saturated carbocycles. The first-order valence-electron chi connectivity index (χ1n) is 10.1. The Balaban J connectivity index is 1.95. The lowest BCUT2D eigenvalue weighted by Crippen LogP contribution is -2.17. The molecule has 0 unspecified atom stereocenters. The number of carboxylic acid groups (broad SMARTS) is 1. The fraction of sp³-hybridized carbons (Fsp3) is 0.240. The van der Waals surface area contributed by atoms with Gasteiger partial charge in [-0.15, -0.1) is 0 Å².